The highest BCUT2D eigenvalue weighted by Gasteiger charge is 2.08. The van der Waals surface area contributed by atoms with Crippen molar-refractivity contribution < 1.29 is 4.79 Å². The summed E-state index contributed by atoms with van der Waals surface area (Å²) in [5.74, 6) is 0. The Labute approximate surface area is 127 Å². The van der Waals surface area contributed by atoms with Crippen LogP contribution in [0.25, 0.3) is 0 Å². The fourth-order valence-corrected chi connectivity index (χ4v) is 1.96. The van der Waals surface area contributed by atoms with Gasteiger partial charge in [-0.05, 0) is 48.4 Å². The number of anilines is 1. The van der Waals surface area contributed by atoms with E-state index in [0.717, 1.165) is 16.6 Å². The molecular weight excluding hydrogens is 318 g/mol. The summed E-state index contributed by atoms with van der Waals surface area (Å²) in [5, 5.41) is 2.86. The van der Waals surface area contributed by atoms with Crippen molar-refractivity contribution in [1.29, 1.82) is 0 Å². The molecular formula is C15H16BrN3O. The third kappa shape index (κ3) is 4.35. The van der Waals surface area contributed by atoms with Crippen molar-refractivity contribution in [3.63, 3.8) is 0 Å². The zero-order chi connectivity index (χ0) is 14.4. The Balaban J connectivity index is 1.84. The number of likely N-dealkylation sites (N-methyl/N-ethyl adjacent to an activating group) is 1. The molecule has 1 heterocycles. The first-order valence-electron chi connectivity index (χ1n) is 6.32. The van der Waals surface area contributed by atoms with E-state index in [0.29, 0.717) is 6.54 Å². The maximum Gasteiger partial charge on any atom is 0.321 e. The summed E-state index contributed by atoms with van der Waals surface area (Å²) in [5.41, 5.74) is 1.96. The molecule has 0 radical (unpaired) electrons. The lowest BCUT2D eigenvalue weighted by atomic mass is 10.2. The molecule has 0 saturated carbocycles. The van der Waals surface area contributed by atoms with Crippen molar-refractivity contribution in [1.82, 2.24) is 9.88 Å². The lowest BCUT2D eigenvalue weighted by molar-refractivity contribution is 0.223. The summed E-state index contributed by atoms with van der Waals surface area (Å²) in [6, 6.07) is 11.3. The Morgan fingerprint density at radius 2 is 1.85 bits per heavy atom. The fourth-order valence-electron chi connectivity index (χ4n) is 1.70. The number of nitrogens with one attached hydrogen (secondary N) is 1. The van der Waals surface area contributed by atoms with Crippen molar-refractivity contribution in [2.45, 2.75) is 6.42 Å². The second kappa shape index (κ2) is 7.05. The first-order chi connectivity index (χ1) is 9.65. The molecule has 2 amide bonds. The Morgan fingerprint density at radius 1 is 1.20 bits per heavy atom. The van der Waals surface area contributed by atoms with Gasteiger partial charge in [-0.2, -0.15) is 0 Å². The third-order valence-corrected chi connectivity index (χ3v) is 3.46. The topological polar surface area (TPSA) is 45.2 Å². The van der Waals surface area contributed by atoms with Crippen molar-refractivity contribution in [2.75, 3.05) is 18.9 Å². The summed E-state index contributed by atoms with van der Waals surface area (Å²) in [7, 11) is 1.79. The highest BCUT2D eigenvalue weighted by atomic mass is 79.9. The number of carbonyl (C=O) groups is 1. The third-order valence-electron chi connectivity index (χ3n) is 2.93. The standard InChI is InChI=1S/C15H16BrN3O/c1-19(11-8-12-6-9-17-10-7-12)15(20)18-14-4-2-13(16)3-5-14/h2-7,9-10H,8,11H2,1H3,(H,18,20). The molecule has 0 aliphatic carbocycles. The van der Waals surface area contributed by atoms with Crippen LogP contribution >= 0.6 is 15.9 Å². The van der Waals surface area contributed by atoms with Crippen LogP contribution in [0.2, 0.25) is 0 Å². The maximum atomic E-state index is 12.0. The summed E-state index contributed by atoms with van der Waals surface area (Å²) in [6.07, 6.45) is 4.33. The van der Waals surface area contributed by atoms with E-state index in [1.807, 2.05) is 36.4 Å². The van der Waals surface area contributed by atoms with Crippen molar-refractivity contribution in [3.05, 3.63) is 58.8 Å². The smallest absolute Gasteiger partial charge is 0.321 e. The quantitative estimate of drug-likeness (QED) is 0.929. The van der Waals surface area contributed by atoms with Crippen molar-refractivity contribution >= 4 is 27.6 Å². The Hall–Kier alpha value is -1.88. The molecule has 0 fully saturated rings. The molecule has 0 aliphatic rings. The number of rotatable bonds is 4. The fraction of sp³-hybridized carbons (Fsp3) is 0.200. The van der Waals surface area contributed by atoms with Gasteiger partial charge in [0.05, 0.1) is 0 Å². The molecule has 4 nitrogen and oxygen atoms in total. The molecule has 1 N–H and O–H groups in total. The molecule has 0 spiro atoms. The Morgan fingerprint density at radius 3 is 2.50 bits per heavy atom. The maximum absolute atomic E-state index is 12.0. The number of carbonyl (C=O) groups excluding carboxylic acids is 1. The van der Waals surface area contributed by atoms with Crippen LogP contribution in [0.4, 0.5) is 10.5 Å². The van der Waals surface area contributed by atoms with Gasteiger partial charge >= 0.3 is 6.03 Å². The molecule has 0 bridgehead atoms. The molecule has 1 aromatic heterocycles. The van der Waals surface area contributed by atoms with Gasteiger partial charge in [-0.25, -0.2) is 4.79 Å². The molecule has 0 aliphatic heterocycles. The van der Waals surface area contributed by atoms with Crippen molar-refractivity contribution in [2.24, 2.45) is 0 Å². The molecule has 20 heavy (non-hydrogen) atoms. The van der Waals surface area contributed by atoms with Crippen LogP contribution in [-0.4, -0.2) is 29.5 Å². The van der Waals surface area contributed by atoms with E-state index >= 15 is 0 Å². The molecule has 2 rings (SSSR count). The highest BCUT2D eigenvalue weighted by Crippen LogP contribution is 2.14. The monoisotopic (exact) mass is 333 g/mol. The summed E-state index contributed by atoms with van der Waals surface area (Å²) < 4.78 is 0.988. The molecule has 0 saturated heterocycles. The van der Waals surface area contributed by atoms with Gasteiger partial charge in [-0.3, -0.25) is 4.98 Å². The van der Waals surface area contributed by atoms with Crippen LogP contribution in [0.1, 0.15) is 5.56 Å². The number of nitrogens with zero attached hydrogens (tertiary/aromatic N) is 2. The molecule has 2 aromatic rings. The SMILES string of the molecule is CN(CCc1ccncc1)C(=O)Nc1ccc(Br)cc1. The van der Waals surface area contributed by atoms with Crippen LogP contribution < -0.4 is 5.32 Å². The van der Waals surface area contributed by atoms with E-state index in [1.54, 1.807) is 24.3 Å². The molecule has 5 heteroatoms. The summed E-state index contributed by atoms with van der Waals surface area (Å²) in [6.45, 7) is 0.659. The van der Waals surface area contributed by atoms with Crippen LogP contribution in [0.15, 0.2) is 53.3 Å². The molecule has 0 unspecified atom stereocenters. The van der Waals surface area contributed by atoms with Crippen LogP contribution in [0, 0.1) is 0 Å². The van der Waals surface area contributed by atoms with E-state index in [4.69, 9.17) is 0 Å². The summed E-state index contributed by atoms with van der Waals surface area (Å²) in [4.78, 5) is 17.7. The predicted molar refractivity (Wildman–Crippen MR) is 83.7 cm³/mol. The van der Waals surface area contributed by atoms with Gasteiger partial charge in [0.25, 0.3) is 0 Å². The second-order valence-electron chi connectivity index (χ2n) is 4.46. The number of pyridine rings is 1. The minimum atomic E-state index is -0.110. The van der Waals surface area contributed by atoms with E-state index in [2.05, 4.69) is 26.2 Å². The lowest BCUT2D eigenvalue weighted by Crippen LogP contribution is -2.32. The summed E-state index contributed by atoms with van der Waals surface area (Å²) >= 11 is 3.36. The van der Waals surface area contributed by atoms with Crippen LogP contribution in [0.5, 0.6) is 0 Å². The first kappa shape index (κ1) is 14.5. The van der Waals surface area contributed by atoms with E-state index in [-0.39, 0.29) is 6.03 Å². The number of halogens is 1. The first-order valence-corrected chi connectivity index (χ1v) is 7.11. The van der Waals surface area contributed by atoms with E-state index < -0.39 is 0 Å². The average molecular weight is 334 g/mol. The highest BCUT2D eigenvalue weighted by molar-refractivity contribution is 9.10. The number of benzene rings is 1. The van der Waals surface area contributed by atoms with Gasteiger partial charge in [0.2, 0.25) is 0 Å². The average Bonchev–Trinajstić information content (AvgIpc) is 2.48. The largest absolute Gasteiger partial charge is 0.327 e. The van der Waals surface area contributed by atoms with Gasteiger partial charge in [0.1, 0.15) is 0 Å². The number of aromatic nitrogens is 1. The van der Waals surface area contributed by atoms with Crippen LogP contribution in [-0.2, 0) is 6.42 Å². The number of amides is 2. The number of urea groups is 1. The second-order valence-corrected chi connectivity index (χ2v) is 5.38. The molecule has 104 valence electrons. The Kier molecular flexibility index (Phi) is 5.12. The predicted octanol–water partition coefficient (Wildman–Crippen LogP) is 3.55. The van der Waals surface area contributed by atoms with Gasteiger partial charge in [-0.1, -0.05) is 15.9 Å². The normalized spacial score (nSPS) is 10.1. The zero-order valence-corrected chi connectivity index (χ0v) is 12.8. The number of hydrogen-bond acceptors (Lipinski definition) is 2. The van der Waals surface area contributed by atoms with Crippen molar-refractivity contribution in [3.8, 4) is 0 Å². The molecule has 0 atom stereocenters. The van der Waals surface area contributed by atoms with Gasteiger partial charge in [-0.15, -0.1) is 0 Å². The minimum absolute atomic E-state index is 0.110. The lowest BCUT2D eigenvalue weighted by Gasteiger charge is -2.18. The molecule has 1 aromatic carbocycles. The van der Waals surface area contributed by atoms with Gasteiger partial charge < -0.3 is 10.2 Å². The van der Waals surface area contributed by atoms with Gasteiger partial charge in [0.15, 0.2) is 0 Å². The van der Waals surface area contributed by atoms with E-state index in [1.165, 1.54) is 5.56 Å². The minimum Gasteiger partial charge on any atom is -0.327 e. The number of hydrogen-bond donors (Lipinski definition) is 1. The Bertz CT molecular complexity index is 557. The zero-order valence-electron chi connectivity index (χ0n) is 11.2. The van der Waals surface area contributed by atoms with Crippen LogP contribution in [0.3, 0.4) is 0 Å². The van der Waals surface area contributed by atoms with Gasteiger partial charge in [0, 0.05) is 36.1 Å². The van der Waals surface area contributed by atoms with E-state index in [9.17, 15) is 4.79 Å².